The van der Waals surface area contributed by atoms with E-state index in [1.165, 1.54) is 11.1 Å². The highest BCUT2D eigenvalue weighted by Crippen LogP contribution is 2.35. The van der Waals surface area contributed by atoms with Gasteiger partial charge in [-0.1, -0.05) is 84.9 Å². The molecule has 0 aliphatic rings. The van der Waals surface area contributed by atoms with Crippen LogP contribution in [0.4, 0.5) is 0 Å². The van der Waals surface area contributed by atoms with Crippen molar-refractivity contribution in [2.45, 2.75) is 6.61 Å². The van der Waals surface area contributed by atoms with Crippen molar-refractivity contribution in [3.05, 3.63) is 115 Å². The van der Waals surface area contributed by atoms with Gasteiger partial charge in [-0.15, -0.1) is 5.10 Å². The Balaban J connectivity index is 1.44. The van der Waals surface area contributed by atoms with Crippen molar-refractivity contribution < 1.29 is 4.74 Å². The zero-order chi connectivity index (χ0) is 22.0. The molecule has 0 unspecified atom stereocenters. The Hall–Kier alpha value is -4.51. The van der Waals surface area contributed by atoms with Crippen LogP contribution < -0.4 is 4.74 Å². The number of hydrogen-bond donors (Lipinski definition) is 0. The number of aromatic nitrogens is 4. The predicted molar refractivity (Wildman–Crippen MR) is 130 cm³/mol. The van der Waals surface area contributed by atoms with E-state index in [9.17, 15) is 0 Å². The van der Waals surface area contributed by atoms with Crippen LogP contribution in [0.2, 0.25) is 0 Å². The van der Waals surface area contributed by atoms with Crippen molar-refractivity contribution in [2.75, 3.05) is 0 Å². The van der Waals surface area contributed by atoms with Gasteiger partial charge in [-0.3, -0.25) is 0 Å². The van der Waals surface area contributed by atoms with Crippen molar-refractivity contribution in [1.29, 1.82) is 0 Å². The lowest BCUT2D eigenvalue weighted by molar-refractivity contribution is 0.309. The van der Waals surface area contributed by atoms with Gasteiger partial charge in [0.2, 0.25) is 0 Å². The molecule has 33 heavy (non-hydrogen) atoms. The predicted octanol–water partition coefficient (Wildman–Crippen LogP) is 6.19. The molecular weight excluding hydrogens is 408 g/mol. The Kier molecular flexibility index (Phi) is 4.77. The number of ether oxygens (including phenoxy) is 1. The van der Waals surface area contributed by atoms with E-state index in [1.807, 2.05) is 36.4 Å². The lowest BCUT2D eigenvalue weighted by atomic mass is 9.97. The summed E-state index contributed by atoms with van der Waals surface area (Å²) in [7, 11) is 0. The molecule has 2 aromatic heterocycles. The minimum absolute atomic E-state index is 0.472. The summed E-state index contributed by atoms with van der Waals surface area (Å²) < 4.78 is 7.98. The largest absolute Gasteiger partial charge is 0.487 e. The molecule has 0 bridgehead atoms. The van der Waals surface area contributed by atoms with Crippen LogP contribution in [0.5, 0.6) is 5.75 Å². The van der Waals surface area contributed by atoms with Crippen molar-refractivity contribution >= 4 is 16.6 Å². The average molecular weight is 428 g/mol. The minimum Gasteiger partial charge on any atom is -0.487 e. The molecule has 0 saturated heterocycles. The lowest BCUT2D eigenvalue weighted by Crippen LogP contribution is -2.00. The summed E-state index contributed by atoms with van der Waals surface area (Å²) in [6, 6.07) is 37.3. The molecule has 6 rings (SSSR count). The maximum Gasteiger partial charge on any atom is 0.180 e. The first-order valence-electron chi connectivity index (χ1n) is 10.8. The van der Waals surface area contributed by atoms with Crippen LogP contribution in [0, 0.1) is 0 Å². The van der Waals surface area contributed by atoms with Crippen LogP contribution in [-0.2, 0) is 6.61 Å². The Bertz CT molecular complexity index is 1540. The molecule has 5 heteroatoms. The van der Waals surface area contributed by atoms with Gasteiger partial charge < -0.3 is 4.74 Å². The van der Waals surface area contributed by atoms with Gasteiger partial charge in [0.1, 0.15) is 17.9 Å². The second-order valence-electron chi connectivity index (χ2n) is 7.87. The van der Waals surface area contributed by atoms with E-state index in [4.69, 9.17) is 4.74 Å². The van der Waals surface area contributed by atoms with Crippen molar-refractivity contribution in [2.24, 2.45) is 0 Å². The van der Waals surface area contributed by atoms with Gasteiger partial charge >= 0.3 is 0 Å². The highest BCUT2D eigenvalue weighted by atomic mass is 16.5. The Morgan fingerprint density at radius 2 is 1.33 bits per heavy atom. The maximum absolute atomic E-state index is 6.23. The molecule has 6 aromatic rings. The first kappa shape index (κ1) is 19.2. The van der Waals surface area contributed by atoms with Crippen molar-refractivity contribution in [3.63, 3.8) is 0 Å². The van der Waals surface area contributed by atoms with E-state index in [0.29, 0.717) is 12.3 Å². The summed E-state index contributed by atoms with van der Waals surface area (Å²) in [6.07, 6.45) is 0. The maximum atomic E-state index is 6.23. The third-order valence-electron chi connectivity index (χ3n) is 5.82. The first-order valence-corrected chi connectivity index (χ1v) is 10.8. The van der Waals surface area contributed by atoms with Gasteiger partial charge in [0.05, 0.1) is 0 Å². The fraction of sp³-hybridized carbons (Fsp3) is 0.0357. The SMILES string of the molecule is c1ccc(COc2ccc(-c3ccc(-c4ccccc4)cc3)c3ccc4nnnn4c23)cc1. The third-order valence-corrected chi connectivity index (χ3v) is 5.82. The Morgan fingerprint density at radius 1 is 0.636 bits per heavy atom. The smallest absolute Gasteiger partial charge is 0.180 e. The highest BCUT2D eigenvalue weighted by Gasteiger charge is 2.14. The monoisotopic (exact) mass is 428 g/mol. The number of hydrogen-bond acceptors (Lipinski definition) is 4. The zero-order valence-corrected chi connectivity index (χ0v) is 17.8. The van der Waals surface area contributed by atoms with E-state index < -0.39 is 0 Å². The summed E-state index contributed by atoms with van der Waals surface area (Å²) in [5.41, 5.74) is 7.27. The molecule has 0 fully saturated rings. The number of pyridine rings is 1. The van der Waals surface area contributed by atoms with Crippen LogP contribution in [0.3, 0.4) is 0 Å². The zero-order valence-electron chi connectivity index (χ0n) is 17.8. The molecule has 0 radical (unpaired) electrons. The van der Waals surface area contributed by atoms with Gasteiger partial charge in [0.15, 0.2) is 5.65 Å². The average Bonchev–Trinajstić information content (AvgIpc) is 3.38. The molecule has 2 heterocycles. The molecule has 5 nitrogen and oxygen atoms in total. The van der Waals surface area contributed by atoms with Crippen LogP contribution >= 0.6 is 0 Å². The lowest BCUT2D eigenvalue weighted by Gasteiger charge is -2.14. The van der Waals surface area contributed by atoms with Crippen LogP contribution in [-0.4, -0.2) is 20.0 Å². The van der Waals surface area contributed by atoms with Gasteiger partial charge in [0.25, 0.3) is 0 Å². The second kappa shape index (κ2) is 8.20. The Labute approximate surface area is 190 Å². The van der Waals surface area contributed by atoms with Crippen LogP contribution in [0.15, 0.2) is 109 Å². The summed E-state index contributed by atoms with van der Waals surface area (Å²) in [5, 5.41) is 13.2. The van der Waals surface area contributed by atoms with Crippen molar-refractivity contribution in [3.8, 4) is 28.0 Å². The quantitative estimate of drug-likeness (QED) is 0.328. The standard InChI is InChI=1S/C28H20N4O/c1-3-7-20(8-4-1)19-33-26-17-15-24(25-16-18-27-29-30-31-32(27)28(25)26)23-13-11-22(12-14-23)21-9-5-2-6-10-21/h1-18H,19H2. The molecule has 0 saturated carbocycles. The minimum atomic E-state index is 0.472. The van der Waals surface area contributed by atoms with Crippen LogP contribution in [0.1, 0.15) is 5.56 Å². The molecule has 0 amide bonds. The molecule has 0 aliphatic carbocycles. The number of tetrazole rings is 1. The molecule has 0 aliphatic heterocycles. The van der Waals surface area contributed by atoms with Gasteiger partial charge in [-0.2, -0.15) is 4.52 Å². The highest BCUT2D eigenvalue weighted by molar-refractivity contribution is 5.99. The summed E-state index contributed by atoms with van der Waals surface area (Å²) in [6.45, 7) is 0.472. The molecular formula is C28H20N4O. The number of benzene rings is 4. The van der Waals surface area contributed by atoms with E-state index in [0.717, 1.165) is 33.3 Å². The summed E-state index contributed by atoms with van der Waals surface area (Å²) >= 11 is 0. The first-order chi connectivity index (χ1) is 16.4. The molecule has 0 atom stereocenters. The van der Waals surface area contributed by atoms with Crippen molar-refractivity contribution in [1.82, 2.24) is 20.0 Å². The fourth-order valence-electron chi connectivity index (χ4n) is 4.17. The number of rotatable bonds is 5. The second-order valence-corrected chi connectivity index (χ2v) is 7.87. The molecule has 4 aromatic carbocycles. The van der Waals surface area contributed by atoms with Gasteiger partial charge in [-0.25, -0.2) is 0 Å². The normalized spacial score (nSPS) is 11.2. The topological polar surface area (TPSA) is 52.3 Å². The summed E-state index contributed by atoms with van der Waals surface area (Å²) in [5.74, 6) is 0.747. The van der Waals surface area contributed by atoms with E-state index in [2.05, 4.69) is 88.3 Å². The number of nitrogens with zero attached hydrogens (tertiary/aromatic N) is 4. The van der Waals surface area contributed by atoms with E-state index in [-0.39, 0.29) is 0 Å². The molecule has 158 valence electrons. The van der Waals surface area contributed by atoms with E-state index >= 15 is 0 Å². The Morgan fingerprint density at radius 3 is 2.12 bits per heavy atom. The summed E-state index contributed by atoms with van der Waals surface area (Å²) in [4.78, 5) is 0. The number of fused-ring (bicyclic) bond motifs is 3. The van der Waals surface area contributed by atoms with E-state index in [1.54, 1.807) is 4.52 Å². The van der Waals surface area contributed by atoms with Gasteiger partial charge in [-0.05, 0) is 62.5 Å². The fourth-order valence-corrected chi connectivity index (χ4v) is 4.17. The molecule has 0 spiro atoms. The third kappa shape index (κ3) is 3.59. The molecule has 0 N–H and O–H groups in total. The van der Waals surface area contributed by atoms with Gasteiger partial charge in [0, 0.05) is 5.39 Å². The van der Waals surface area contributed by atoms with Crippen LogP contribution in [0.25, 0.3) is 38.8 Å².